The first-order chi connectivity index (χ1) is 9.16. The molecule has 0 unspecified atom stereocenters. The zero-order chi connectivity index (χ0) is 14.3. The summed E-state index contributed by atoms with van der Waals surface area (Å²) >= 11 is 4.89. The minimum atomic E-state index is 0.634. The van der Waals surface area contributed by atoms with Crippen molar-refractivity contribution in [1.82, 2.24) is 4.90 Å². The third-order valence-electron chi connectivity index (χ3n) is 3.63. The summed E-state index contributed by atoms with van der Waals surface area (Å²) in [5, 5.41) is 0. The number of thiocarbonyl (C=S) groups is 1. The van der Waals surface area contributed by atoms with Crippen LogP contribution in [0, 0.1) is 0 Å². The molecule has 0 fully saturated rings. The summed E-state index contributed by atoms with van der Waals surface area (Å²) in [6, 6.07) is 0. The van der Waals surface area contributed by atoms with Gasteiger partial charge < -0.3 is 10.6 Å². The minimum Gasteiger partial charge on any atom is -0.393 e. The Hall–Kier alpha value is -0.150. The van der Waals surface area contributed by atoms with Gasteiger partial charge in [-0.2, -0.15) is 0 Å². The predicted octanol–water partition coefficient (Wildman–Crippen LogP) is 4.52. The molecule has 0 aliphatic carbocycles. The third kappa shape index (κ3) is 15.8. The number of nitrogens with two attached hydrogens (primary N) is 1. The van der Waals surface area contributed by atoms with Crippen LogP contribution < -0.4 is 5.73 Å². The standard InChI is InChI=1S/C16H34N2S/c1-3-4-5-6-7-8-9-10-11-12-14-18(2)15-13-16(17)19/h3-15H2,1-2H3,(H2,17,19). The van der Waals surface area contributed by atoms with E-state index < -0.39 is 0 Å². The van der Waals surface area contributed by atoms with Crippen molar-refractivity contribution in [3.63, 3.8) is 0 Å². The molecule has 0 aromatic rings. The Morgan fingerprint density at radius 3 is 1.79 bits per heavy atom. The molecule has 0 heterocycles. The van der Waals surface area contributed by atoms with Crippen molar-refractivity contribution >= 4 is 17.2 Å². The van der Waals surface area contributed by atoms with Crippen LogP contribution in [0.2, 0.25) is 0 Å². The van der Waals surface area contributed by atoms with Gasteiger partial charge in [-0.1, -0.05) is 76.9 Å². The van der Waals surface area contributed by atoms with E-state index in [9.17, 15) is 0 Å². The minimum absolute atomic E-state index is 0.634. The molecule has 0 aromatic carbocycles. The molecule has 19 heavy (non-hydrogen) atoms. The molecule has 0 aliphatic rings. The van der Waals surface area contributed by atoms with Crippen molar-refractivity contribution in [2.45, 2.75) is 77.6 Å². The molecule has 2 nitrogen and oxygen atoms in total. The van der Waals surface area contributed by atoms with Gasteiger partial charge in [-0.15, -0.1) is 0 Å². The Balaban J connectivity index is 3.11. The second kappa shape index (κ2) is 14.3. The number of rotatable bonds is 14. The smallest absolute Gasteiger partial charge is 0.0740 e. The highest BCUT2D eigenvalue weighted by molar-refractivity contribution is 7.80. The van der Waals surface area contributed by atoms with Gasteiger partial charge in [0.05, 0.1) is 4.99 Å². The monoisotopic (exact) mass is 286 g/mol. The molecule has 0 amide bonds. The number of nitrogens with zero attached hydrogens (tertiary/aromatic N) is 1. The fraction of sp³-hybridized carbons (Fsp3) is 0.938. The SMILES string of the molecule is CCCCCCCCCCCCN(C)CCC(N)=S. The van der Waals surface area contributed by atoms with Gasteiger partial charge in [-0.05, 0) is 20.0 Å². The molecule has 0 bridgehead atoms. The molecule has 2 N–H and O–H groups in total. The maximum Gasteiger partial charge on any atom is 0.0740 e. The number of hydrogen-bond acceptors (Lipinski definition) is 2. The Kier molecular flexibility index (Phi) is 14.2. The third-order valence-corrected chi connectivity index (χ3v) is 3.84. The zero-order valence-corrected chi connectivity index (χ0v) is 13.9. The van der Waals surface area contributed by atoms with E-state index in [-0.39, 0.29) is 0 Å². The van der Waals surface area contributed by atoms with Crippen LogP contribution >= 0.6 is 12.2 Å². The van der Waals surface area contributed by atoms with Crippen LogP contribution in [0.4, 0.5) is 0 Å². The lowest BCUT2D eigenvalue weighted by atomic mass is 10.1. The van der Waals surface area contributed by atoms with E-state index in [1.165, 1.54) is 70.8 Å². The molecule has 0 aliphatic heterocycles. The first-order valence-corrected chi connectivity index (χ1v) is 8.54. The molecule has 0 rings (SSSR count). The van der Waals surface area contributed by atoms with Crippen molar-refractivity contribution in [3.8, 4) is 0 Å². The molecular formula is C16H34N2S. The van der Waals surface area contributed by atoms with E-state index in [4.69, 9.17) is 18.0 Å². The molecule has 0 spiro atoms. The van der Waals surface area contributed by atoms with Crippen LogP contribution in [-0.4, -0.2) is 30.0 Å². The van der Waals surface area contributed by atoms with Gasteiger partial charge in [0.2, 0.25) is 0 Å². The molecule has 0 aromatic heterocycles. The van der Waals surface area contributed by atoms with E-state index in [0.29, 0.717) is 4.99 Å². The summed E-state index contributed by atoms with van der Waals surface area (Å²) < 4.78 is 0. The largest absolute Gasteiger partial charge is 0.393 e. The normalized spacial score (nSPS) is 11.1. The highest BCUT2D eigenvalue weighted by Crippen LogP contribution is 2.10. The van der Waals surface area contributed by atoms with Gasteiger partial charge in [0, 0.05) is 13.0 Å². The number of unbranched alkanes of at least 4 members (excludes halogenated alkanes) is 9. The molecular weight excluding hydrogens is 252 g/mol. The first-order valence-electron chi connectivity index (χ1n) is 8.13. The van der Waals surface area contributed by atoms with Crippen LogP contribution in [0.5, 0.6) is 0 Å². The van der Waals surface area contributed by atoms with Crippen molar-refractivity contribution in [2.75, 3.05) is 20.1 Å². The lowest BCUT2D eigenvalue weighted by Crippen LogP contribution is -2.24. The van der Waals surface area contributed by atoms with Crippen LogP contribution in [0.1, 0.15) is 77.6 Å². The predicted molar refractivity (Wildman–Crippen MR) is 90.7 cm³/mol. The summed E-state index contributed by atoms with van der Waals surface area (Å²) in [6.07, 6.45) is 14.9. The van der Waals surface area contributed by atoms with E-state index in [0.717, 1.165) is 13.0 Å². The van der Waals surface area contributed by atoms with E-state index >= 15 is 0 Å². The maximum absolute atomic E-state index is 5.50. The summed E-state index contributed by atoms with van der Waals surface area (Å²) in [5.41, 5.74) is 5.50. The average molecular weight is 287 g/mol. The second-order valence-electron chi connectivity index (χ2n) is 5.70. The summed E-state index contributed by atoms with van der Waals surface area (Å²) in [5.74, 6) is 0. The molecule has 0 radical (unpaired) electrons. The lowest BCUT2D eigenvalue weighted by Gasteiger charge is -2.15. The quantitative estimate of drug-likeness (QED) is 0.376. The Morgan fingerprint density at radius 2 is 1.32 bits per heavy atom. The number of hydrogen-bond donors (Lipinski definition) is 1. The van der Waals surface area contributed by atoms with Crippen LogP contribution in [0.15, 0.2) is 0 Å². The van der Waals surface area contributed by atoms with Gasteiger partial charge >= 0.3 is 0 Å². The van der Waals surface area contributed by atoms with E-state index in [1.807, 2.05) is 0 Å². The van der Waals surface area contributed by atoms with E-state index in [2.05, 4.69) is 18.9 Å². The van der Waals surface area contributed by atoms with Gasteiger partial charge in [0.1, 0.15) is 0 Å². The lowest BCUT2D eigenvalue weighted by molar-refractivity contribution is 0.333. The van der Waals surface area contributed by atoms with Crippen LogP contribution in [0.3, 0.4) is 0 Å². The van der Waals surface area contributed by atoms with Crippen molar-refractivity contribution in [2.24, 2.45) is 5.73 Å². The fourth-order valence-electron chi connectivity index (χ4n) is 2.28. The van der Waals surface area contributed by atoms with Crippen molar-refractivity contribution in [3.05, 3.63) is 0 Å². The molecule has 0 saturated carbocycles. The fourth-order valence-corrected chi connectivity index (χ4v) is 2.37. The summed E-state index contributed by atoms with van der Waals surface area (Å²) in [4.78, 5) is 2.97. The molecule has 0 atom stereocenters. The molecule has 114 valence electrons. The van der Waals surface area contributed by atoms with Crippen molar-refractivity contribution < 1.29 is 0 Å². The van der Waals surface area contributed by atoms with Crippen LogP contribution in [0.25, 0.3) is 0 Å². The first kappa shape index (κ1) is 18.9. The van der Waals surface area contributed by atoms with Gasteiger partial charge in [0.25, 0.3) is 0 Å². The highest BCUT2D eigenvalue weighted by Gasteiger charge is 1.99. The van der Waals surface area contributed by atoms with Gasteiger partial charge in [-0.25, -0.2) is 0 Å². The maximum atomic E-state index is 5.50. The Bertz CT molecular complexity index is 207. The van der Waals surface area contributed by atoms with Gasteiger partial charge in [0.15, 0.2) is 0 Å². The molecule has 0 saturated heterocycles. The second-order valence-corrected chi connectivity index (χ2v) is 6.23. The Labute approximate surface area is 126 Å². The Morgan fingerprint density at radius 1 is 0.842 bits per heavy atom. The van der Waals surface area contributed by atoms with Gasteiger partial charge in [-0.3, -0.25) is 0 Å². The zero-order valence-electron chi connectivity index (χ0n) is 13.1. The molecule has 3 heteroatoms. The van der Waals surface area contributed by atoms with Crippen LogP contribution in [-0.2, 0) is 0 Å². The van der Waals surface area contributed by atoms with Crippen molar-refractivity contribution in [1.29, 1.82) is 0 Å². The average Bonchev–Trinajstić information content (AvgIpc) is 2.38. The topological polar surface area (TPSA) is 29.3 Å². The highest BCUT2D eigenvalue weighted by atomic mass is 32.1. The summed E-state index contributed by atoms with van der Waals surface area (Å²) in [7, 11) is 2.16. The summed E-state index contributed by atoms with van der Waals surface area (Å²) in [6.45, 7) is 4.46. The van der Waals surface area contributed by atoms with E-state index in [1.54, 1.807) is 0 Å².